The van der Waals surface area contributed by atoms with Crippen LogP contribution < -0.4 is 5.32 Å². The number of alkyl halides is 2. The van der Waals surface area contributed by atoms with E-state index in [9.17, 15) is 9.18 Å². The molecule has 0 spiro atoms. The van der Waals surface area contributed by atoms with E-state index >= 15 is 0 Å². The monoisotopic (exact) mass is 365 g/mol. The Morgan fingerprint density at radius 2 is 1.82 bits per heavy atom. The normalized spacial score (nSPS) is 11.3. The Balaban J connectivity index is 2.81. The van der Waals surface area contributed by atoms with Gasteiger partial charge in [-0.05, 0) is 30.7 Å². The van der Waals surface area contributed by atoms with Gasteiger partial charge in [0.1, 0.15) is 5.82 Å². The summed E-state index contributed by atoms with van der Waals surface area (Å²) in [6.45, 7) is 2.01. The fourth-order valence-corrected chi connectivity index (χ4v) is 3.30. The lowest BCUT2D eigenvalue weighted by Crippen LogP contribution is -2.51. The van der Waals surface area contributed by atoms with Crippen molar-refractivity contribution in [2.45, 2.75) is 18.9 Å². The van der Waals surface area contributed by atoms with Crippen molar-refractivity contribution in [1.82, 2.24) is 5.32 Å². The molecule has 1 N–H and O–H groups in total. The SMILES string of the molecule is CCC(CBr)(CBr)NC(=O)c1ccc(F)cc1. The Morgan fingerprint density at radius 1 is 1.29 bits per heavy atom. The van der Waals surface area contributed by atoms with Crippen LogP contribution in [-0.4, -0.2) is 22.1 Å². The predicted octanol–water partition coefficient (Wildman–Crippen LogP) is 3.49. The Morgan fingerprint density at radius 3 is 2.24 bits per heavy atom. The van der Waals surface area contributed by atoms with E-state index in [0.29, 0.717) is 16.2 Å². The highest BCUT2D eigenvalue weighted by Crippen LogP contribution is 2.17. The fourth-order valence-electron chi connectivity index (χ4n) is 1.29. The van der Waals surface area contributed by atoms with E-state index in [1.807, 2.05) is 6.92 Å². The quantitative estimate of drug-likeness (QED) is 0.794. The van der Waals surface area contributed by atoms with Gasteiger partial charge in [0.25, 0.3) is 5.91 Å². The Labute approximate surface area is 117 Å². The average Bonchev–Trinajstić information content (AvgIpc) is 2.37. The molecule has 0 aliphatic carbocycles. The molecule has 0 unspecified atom stereocenters. The van der Waals surface area contributed by atoms with Gasteiger partial charge in [-0.25, -0.2) is 4.39 Å². The van der Waals surface area contributed by atoms with Gasteiger partial charge in [0, 0.05) is 16.2 Å². The molecule has 1 aromatic rings. The van der Waals surface area contributed by atoms with E-state index in [4.69, 9.17) is 0 Å². The maximum absolute atomic E-state index is 12.7. The van der Waals surface area contributed by atoms with E-state index in [1.54, 1.807) is 0 Å². The second kappa shape index (κ2) is 6.50. The molecule has 0 radical (unpaired) electrons. The van der Waals surface area contributed by atoms with Crippen molar-refractivity contribution in [1.29, 1.82) is 0 Å². The van der Waals surface area contributed by atoms with Crippen molar-refractivity contribution in [3.05, 3.63) is 35.6 Å². The number of hydrogen-bond donors (Lipinski definition) is 1. The van der Waals surface area contributed by atoms with Gasteiger partial charge in [-0.15, -0.1) is 0 Å². The third-order valence-electron chi connectivity index (χ3n) is 2.67. The van der Waals surface area contributed by atoms with E-state index in [1.165, 1.54) is 24.3 Å². The highest BCUT2D eigenvalue weighted by Gasteiger charge is 2.27. The average molecular weight is 367 g/mol. The molecular weight excluding hydrogens is 353 g/mol. The van der Waals surface area contributed by atoms with Crippen molar-refractivity contribution in [2.75, 3.05) is 10.7 Å². The molecule has 5 heteroatoms. The molecule has 0 saturated carbocycles. The van der Waals surface area contributed by atoms with Gasteiger partial charge in [0.05, 0.1) is 5.54 Å². The van der Waals surface area contributed by atoms with E-state index in [-0.39, 0.29) is 17.3 Å². The molecule has 17 heavy (non-hydrogen) atoms. The summed E-state index contributed by atoms with van der Waals surface area (Å²) >= 11 is 6.80. The molecule has 94 valence electrons. The zero-order chi connectivity index (χ0) is 12.9. The van der Waals surface area contributed by atoms with Gasteiger partial charge in [-0.1, -0.05) is 38.8 Å². The van der Waals surface area contributed by atoms with Crippen LogP contribution in [0.4, 0.5) is 4.39 Å². The topological polar surface area (TPSA) is 29.1 Å². The summed E-state index contributed by atoms with van der Waals surface area (Å²) in [4.78, 5) is 12.0. The largest absolute Gasteiger partial charge is 0.345 e. The highest BCUT2D eigenvalue weighted by atomic mass is 79.9. The van der Waals surface area contributed by atoms with E-state index in [0.717, 1.165) is 6.42 Å². The zero-order valence-electron chi connectivity index (χ0n) is 9.47. The number of benzene rings is 1. The molecule has 0 fully saturated rings. The Kier molecular flexibility index (Phi) is 5.59. The number of halogens is 3. The van der Waals surface area contributed by atoms with Crippen LogP contribution >= 0.6 is 31.9 Å². The highest BCUT2D eigenvalue weighted by molar-refractivity contribution is 9.09. The summed E-state index contributed by atoms with van der Waals surface area (Å²) in [7, 11) is 0. The first kappa shape index (κ1) is 14.6. The minimum Gasteiger partial charge on any atom is -0.345 e. The molecule has 0 aliphatic heterocycles. The first-order chi connectivity index (χ1) is 8.06. The number of rotatable bonds is 5. The standard InChI is InChI=1S/C12H14Br2FNO/c1-2-12(7-13,8-14)16-11(17)9-3-5-10(15)6-4-9/h3-6H,2,7-8H2,1H3,(H,16,17). The van der Waals surface area contributed by atoms with Crippen molar-refractivity contribution in [3.8, 4) is 0 Å². The molecule has 0 heterocycles. The predicted molar refractivity (Wildman–Crippen MR) is 74.5 cm³/mol. The van der Waals surface area contributed by atoms with Crippen LogP contribution in [0.5, 0.6) is 0 Å². The third-order valence-corrected chi connectivity index (χ3v) is 4.82. The second-order valence-electron chi connectivity index (χ2n) is 3.86. The Bertz CT molecular complexity index is 368. The smallest absolute Gasteiger partial charge is 0.251 e. The molecule has 2 nitrogen and oxygen atoms in total. The molecular formula is C12H14Br2FNO. The number of carbonyl (C=O) groups excluding carboxylic acids is 1. The van der Waals surface area contributed by atoms with Crippen LogP contribution in [0.2, 0.25) is 0 Å². The molecule has 0 bridgehead atoms. The summed E-state index contributed by atoms with van der Waals surface area (Å²) in [6.07, 6.45) is 0.802. The van der Waals surface area contributed by atoms with Gasteiger partial charge >= 0.3 is 0 Å². The minimum absolute atomic E-state index is 0.189. The third kappa shape index (κ3) is 3.78. The number of hydrogen-bond acceptors (Lipinski definition) is 1. The summed E-state index contributed by atoms with van der Waals surface area (Å²) in [5.41, 5.74) is 0.150. The van der Waals surface area contributed by atoms with Crippen LogP contribution in [-0.2, 0) is 0 Å². The zero-order valence-corrected chi connectivity index (χ0v) is 12.6. The molecule has 1 aromatic carbocycles. The molecule has 1 amide bonds. The van der Waals surface area contributed by atoms with Crippen molar-refractivity contribution >= 4 is 37.8 Å². The first-order valence-corrected chi connectivity index (χ1v) is 7.51. The molecule has 0 saturated heterocycles. The van der Waals surface area contributed by atoms with E-state index in [2.05, 4.69) is 37.2 Å². The first-order valence-electron chi connectivity index (χ1n) is 5.27. The maximum Gasteiger partial charge on any atom is 0.251 e. The van der Waals surface area contributed by atoms with E-state index < -0.39 is 0 Å². The Hall–Kier alpha value is -0.420. The summed E-state index contributed by atoms with van der Waals surface area (Å²) in [5, 5.41) is 4.28. The minimum atomic E-state index is -0.343. The molecule has 0 atom stereocenters. The van der Waals surface area contributed by atoms with Crippen LogP contribution in [0.3, 0.4) is 0 Å². The van der Waals surface area contributed by atoms with Crippen LogP contribution in [0.1, 0.15) is 23.7 Å². The second-order valence-corrected chi connectivity index (χ2v) is 4.98. The van der Waals surface area contributed by atoms with Gasteiger partial charge in [0.2, 0.25) is 0 Å². The number of nitrogens with one attached hydrogen (secondary N) is 1. The molecule has 0 aromatic heterocycles. The van der Waals surface area contributed by atoms with Crippen LogP contribution in [0, 0.1) is 5.82 Å². The van der Waals surface area contributed by atoms with Crippen LogP contribution in [0.15, 0.2) is 24.3 Å². The fraction of sp³-hybridized carbons (Fsp3) is 0.417. The van der Waals surface area contributed by atoms with Crippen molar-refractivity contribution < 1.29 is 9.18 Å². The van der Waals surface area contributed by atoms with Gasteiger partial charge in [-0.3, -0.25) is 4.79 Å². The number of carbonyl (C=O) groups is 1. The van der Waals surface area contributed by atoms with Gasteiger partial charge in [-0.2, -0.15) is 0 Å². The van der Waals surface area contributed by atoms with Gasteiger partial charge < -0.3 is 5.32 Å². The lowest BCUT2D eigenvalue weighted by molar-refractivity contribution is 0.0915. The summed E-state index contributed by atoms with van der Waals surface area (Å²) in [6, 6.07) is 5.52. The summed E-state index contributed by atoms with van der Waals surface area (Å²) in [5.74, 6) is -0.532. The molecule has 1 rings (SSSR count). The van der Waals surface area contributed by atoms with Gasteiger partial charge in [0.15, 0.2) is 0 Å². The van der Waals surface area contributed by atoms with Crippen molar-refractivity contribution in [2.24, 2.45) is 0 Å². The summed E-state index contributed by atoms with van der Waals surface area (Å²) < 4.78 is 12.7. The lowest BCUT2D eigenvalue weighted by atomic mass is 10.0. The maximum atomic E-state index is 12.7. The molecule has 0 aliphatic rings. The lowest BCUT2D eigenvalue weighted by Gasteiger charge is -2.30. The van der Waals surface area contributed by atoms with Crippen molar-refractivity contribution in [3.63, 3.8) is 0 Å². The van der Waals surface area contributed by atoms with Crippen LogP contribution in [0.25, 0.3) is 0 Å². The number of amides is 1.